The Bertz CT molecular complexity index is 925. The quantitative estimate of drug-likeness (QED) is 0.769. The number of anilines is 2. The minimum absolute atomic E-state index is 0.366. The zero-order chi connectivity index (χ0) is 19.7. The van der Waals surface area contributed by atoms with Crippen LogP contribution < -0.4 is 9.80 Å². The van der Waals surface area contributed by atoms with Gasteiger partial charge in [0.15, 0.2) is 0 Å². The lowest BCUT2D eigenvalue weighted by Crippen LogP contribution is -2.48. The molecule has 8 heteroatoms. The number of piperazine rings is 1. The molecule has 3 heterocycles. The van der Waals surface area contributed by atoms with Crippen LogP contribution in [0.2, 0.25) is 0 Å². The molecule has 2 aliphatic rings. The lowest BCUT2D eigenvalue weighted by atomic mass is 10.0. The van der Waals surface area contributed by atoms with Crippen molar-refractivity contribution in [2.75, 3.05) is 68.1 Å². The average molecular weight is 404 g/mol. The van der Waals surface area contributed by atoms with Crippen LogP contribution >= 0.6 is 0 Å². The summed E-state index contributed by atoms with van der Waals surface area (Å²) in [5.74, 6) is 2.20. The second-order valence-corrected chi connectivity index (χ2v) is 10.5. The normalized spacial score (nSPS) is 21.1. The van der Waals surface area contributed by atoms with Gasteiger partial charge in [-0.1, -0.05) is 0 Å². The van der Waals surface area contributed by atoms with Crippen LogP contribution in [0.1, 0.15) is 12.8 Å². The SMILES string of the molecule is CN(C)c1ncnc2ccc(N3CCN(CC4CCS(=O)(=O)CC4)CC3)cc12. The van der Waals surface area contributed by atoms with Crippen LogP contribution in [0.25, 0.3) is 10.9 Å². The average Bonchev–Trinajstić information content (AvgIpc) is 2.69. The van der Waals surface area contributed by atoms with E-state index in [0.29, 0.717) is 17.4 Å². The number of aromatic nitrogens is 2. The molecule has 2 fully saturated rings. The third-order valence-electron chi connectivity index (χ3n) is 5.95. The van der Waals surface area contributed by atoms with Gasteiger partial charge in [0.1, 0.15) is 22.0 Å². The van der Waals surface area contributed by atoms with Gasteiger partial charge < -0.3 is 9.80 Å². The van der Waals surface area contributed by atoms with Crippen molar-refractivity contribution in [3.05, 3.63) is 24.5 Å². The molecule has 0 radical (unpaired) electrons. The minimum Gasteiger partial charge on any atom is -0.369 e. The van der Waals surface area contributed by atoms with Gasteiger partial charge in [0.25, 0.3) is 0 Å². The van der Waals surface area contributed by atoms with Gasteiger partial charge >= 0.3 is 0 Å². The van der Waals surface area contributed by atoms with Gasteiger partial charge in [-0.2, -0.15) is 0 Å². The van der Waals surface area contributed by atoms with Gasteiger partial charge in [0.05, 0.1) is 17.0 Å². The van der Waals surface area contributed by atoms with Crippen molar-refractivity contribution in [3.63, 3.8) is 0 Å². The summed E-state index contributed by atoms with van der Waals surface area (Å²) in [5, 5.41) is 1.08. The number of hydrogen-bond donors (Lipinski definition) is 0. The Balaban J connectivity index is 1.39. The van der Waals surface area contributed by atoms with Gasteiger partial charge in [-0.3, -0.25) is 4.90 Å². The first-order valence-corrected chi connectivity index (χ1v) is 11.8. The highest BCUT2D eigenvalue weighted by atomic mass is 32.2. The van der Waals surface area contributed by atoms with Crippen LogP contribution in [-0.4, -0.2) is 81.6 Å². The Kier molecular flexibility index (Phi) is 5.42. The summed E-state index contributed by atoms with van der Waals surface area (Å²) in [6.45, 7) is 5.04. The number of rotatable bonds is 4. The fraction of sp³-hybridized carbons (Fsp3) is 0.600. The maximum atomic E-state index is 11.6. The van der Waals surface area contributed by atoms with E-state index in [0.717, 1.165) is 62.3 Å². The van der Waals surface area contributed by atoms with E-state index in [1.165, 1.54) is 5.69 Å². The molecular weight excluding hydrogens is 374 g/mol. The number of sulfone groups is 1. The molecule has 0 aliphatic carbocycles. The standard InChI is InChI=1S/C20H29N5O2S/c1-23(2)20-18-13-17(3-4-19(18)21-15-22-20)25-9-7-24(8-10-25)14-16-5-11-28(26,27)12-6-16/h3-4,13,15-16H,5-12,14H2,1-2H3. The summed E-state index contributed by atoms with van der Waals surface area (Å²) in [4.78, 5) is 15.8. The largest absolute Gasteiger partial charge is 0.369 e. The zero-order valence-corrected chi connectivity index (χ0v) is 17.5. The van der Waals surface area contributed by atoms with E-state index < -0.39 is 9.84 Å². The van der Waals surface area contributed by atoms with Crippen molar-refractivity contribution in [1.82, 2.24) is 14.9 Å². The third-order valence-corrected chi connectivity index (χ3v) is 7.66. The molecule has 0 unspecified atom stereocenters. The molecule has 0 atom stereocenters. The fourth-order valence-corrected chi connectivity index (χ4v) is 5.85. The molecule has 4 rings (SSSR count). The van der Waals surface area contributed by atoms with E-state index in [9.17, 15) is 8.42 Å². The predicted molar refractivity (Wildman–Crippen MR) is 114 cm³/mol. The molecule has 2 saturated heterocycles. The van der Waals surface area contributed by atoms with Gasteiger partial charge in [-0.15, -0.1) is 0 Å². The van der Waals surface area contributed by atoms with E-state index in [1.54, 1.807) is 6.33 Å². The van der Waals surface area contributed by atoms with Crippen molar-refractivity contribution in [2.24, 2.45) is 5.92 Å². The summed E-state index contributed by atoms with van der Waals surface area (Å²) < 4.78 is 23.2. The molecule has 0 bridgehead atoms. The smallest absolute Gasteiger partial charge is 0.150 e. The van der Waals surface area contributed by atoms with E-state index in [4.69, 9.17) is 0 Å². The monoisotopic (exact) mass is 403 g/mol. The molecule has 0 N–H and O–H groups in total. The first kappa shape index (κ1) is 19.4. The van der Waals surface area contributed by atoms with Crippen molar-refractivity contribution < 1.29 is 8.42 Å². The molecule has 28 heavy (non-hydrogen) atoms. The Morgan fingerprint density at radius 1 is 1.07 bits per heavy atom. The van der Waals surface area contributed by atoms with Gasteiger partial charge in [0.2, 0.25) is 0 Å². The van der Waals surface area contributed by atoms with Gasteiger partial charge in [-0.05, 0) is 37.0 Å². The predicted octanol–water partition coefficient (Wildman–Crippen LogP) is 1.64. The molecule has 2 aliphatic heterocycles. The molecule has 0 spiro atoms. The summed E-state index contributed by atoms with van der Waals surface area (Å²) in [5.41, 5.74) is 2.18. The Morgan fingerprint density at radius 2 is 1.79 bits per heavy atom. The van der Waals surface area contributed by atoms with Crippen molar-refractivity contribution in [1.29, 1.82) is 0 Å². The molecule has 1 aromatic carbocycles. The second-order valence-electron chi connectivity index (χ2n) is 8.18. The van der Waals surface area contributed by atoms with Crippen LogP contribution in [0, 0.1) is 5.92 Å². The summed E-state index contributed by atoms with van der Waals surface area (Å²) >= 11 is 0. The van der Waals surface area contributed by atoms with E-state index in [2.05, 4.69) is 38.0 Å². The maximum absolute atomic E-state index is 11.6. The van der Waals surface area contributed by atoms with Crippen LogP contribution in [0.4, 0.5) is 11.5 Å². The molecule has 0 saturated carbocycles. The number of benzene rings is 1. The first-order valence-electron chi connectivity index (χ1n) is 10.0. The molecule has 2 aromatic rings. The fourth-order valence-electron chi connectivity index (χ4n) is 4.26. The van der Waals surface area contributed by atoms with E-state index >= 15 is 0 Å². The number of hydrogen-bond acceptors (Lipinski definition) is 7. The van der Waals surface area contributed by atoms with Crippen molar-refractivity contribution in [2.45, 2.75) is 12.8 Å². The maximum Gasteiger partial charge on any atom is 0.150 e. The first-order chi connectivity index (χ1) is 13.4. The van der Waals surface area contributed by atoms with E-state index in [1.807, 2.05) is 19.0 Å². The third kappa shape index (κ3) is 4.22. The summed E-state index contributed by atoms with van der Waals surface area (Å²) in [6.07, 6.45) is 3.26. The topological polar surface area (TPSA) is 69.6 Å². The van der Waals surface area contributed by atoms with Crippen molar-refractivity contribution >= 4 is 32.2 Å². The Hall–Kier alpha value is -1.93. The lowest BCUT2D eigenvalue weighted by molar-refractivity contribution is 0.211. The van der Waals surface area contributed by atoms with Crippen LogP contribution in [0.15, 0.2) is 24.5 Å². The molecular formula is C20H29N5O2S. The van der Waals surface area contributed by atoms with E-state index in [-0.39, 0.29) is 0 Å². The Labute approximate surface area is 167 Å². The molecule has 1 aromatic heterocycles. The van der Waals surface area contributed by atoms with Crippen LogP contribution in [-0.2, 0) is 9.84 Å². The zero-order valence-electron chi connectivity index (χ0n) is 16.7. The molecule has 7 nitrogen and oxygen atoms in total. The highest BCUT2D eigenvalue weighted by Gasteiger charge is 2.26. The minimum atomic E-state index is -2.77. The summed E-state index contributed by atoms with van der Waals surface area (Å²) in [6, 6.07) is 6.43. The van der Waals surface area contributed by atoms with Crippen molar-refractivity contribution in [3.8, 4) is 0 Å². The molecule has 152 valence electrons. The highest BCUT2D eigenvalue weighted by molar-refractivity contribution is 7.91. The van der Waals surface area contributed by atoms with Gasteiger partial charge in [0, 0.05) is 57.9 Å². The Morgan fingerprint density at radius 3 is 2.46 bits per heavy atom. The van der Waals surface area contributed by atoms with Crippen LogP contribution in [0.3, 0.4) is 0 Å². The van der Waals surface area contributed by atoms with Crippen LogP contribution in [0.5, 0.6) is 0 Å². The van der Waals surface area contributed by atoms with Gasteiger partial charge in [-0.25, -0.2) is 18.4 Å². The highest BCUT2D eigenvalue weighted by Crippen LogP contribution is 2.27. The number of nitrogens with zero attached hydrogens (tertiary/aromatic N) is 5. The summed E-state index contributed by atoms with van der Waals surface area (Å²) in [7, 11) is 1.24. The second kappa shape index (κ2) is 7.83. The number of fused-ring (bicyclic) bond motifs is 1. The lowest BCUT2D eigenvalue weighted by Gasteiger charge is -2.38. The molecule has 0 amide bonds.